The van der Waals surface area contributed by atoms with Crippen LogP contribution in [0.1, 0.15) is 33.7 Å². The molecule has 1 N–H and O–H groups in total. The highest BCUT2D eigenvalue weighted by Gasteiger charge is 2.46. The molecule has 154 valence electrons. The van der Waals surface area contributed by atoms with Crippen LogP contribution in [0.4, 0.5) is 0 Å². The number of nitrogens with zero attached hydrogens (tertiary/aromatic N) is 2. The molecule has 0 spiro atoms. The maximum Gasteiger partial charge on any atom is 0.290 e. The van der Waals surface area contributed by atoms with Gasteiger partial charge in [-0.3, -0.25) is 14.6 Å². The standard InChI is InChI=1S/C24H18N2O5/c1-14-8-9-18(30-14)21-20(22(27)19-11-16-6-2-3-7-17(16)31-19)23(28)24(29)26(21)13-15-5-4-10-25-12-15/h2-12,21,28H,13H2,1H3/t21-/m1/s1. The number of carbonyl (C=O) groups excluding carboxylic acids is 2. The van der Waals surface area contributed by atoms with Gasteiger partial charge >= 0.3 is 0 Å². The highest BCUT2D eigenvalue weighted by Crippen LogP contribution is 2.41. The summed E-state index contributed by atoms with van der Waals surface area (Å²) in [5.74, 6) is -0.749. The Balaban J connectivity index is 1.59. The minimum atomic E-state index is -0.887. The number of carbonyl (C=O) groups is 2. The molecular formula is C24H18N2O5. The van der Waals surface area contributed by atoms with Crippen molar-refractivity contribution >= 4 is 22.7 Å². The van der Waals surface area contributed by atoms with E-state index in [1.54, 1.807) is 55.7 Å². The second kappa shape index (κ2) is 7.28. The van der Waals surface area contributed by atoms with Gasteiger partial charge in [0.05, 0.1) is 5.57 Å². The van der Waals surface area contributed by atoms with Gasteiger partial charge in [0.15, 0.2) is 11.5 Å². The number of aliphatic hydroxyl groups is 1. The van der Waals surface area contributed by atoms with Crippen molar-refractivity contribution in [3.63, 3.8) is 0 Å². The number of hydrogen-bond donors (Lipinski definition) is 1. The van der Waals surface area contributed by atoms with E-state index in [9.17, 15) is 14.7 Å². The van der Waals surface area contributed by atoms with E-state index in [2.05, 4.69) is 4.98 Å². The first-order chi connectivity index (χ1) is 15.0. The summed E-state index contributed by atoms with van der Waals surface area (Å²) in [6, 6.07) is 15.0. The predicted molar refractivity (Wildman–Crippen MR) is 111 cm³/mol. The molecule has 0 bridgehead atoms. The number of pyridine rings is 1. The Bertz CT molecular complexity index is 1300. The molecule has 0 radical (unpaired) electrons. The number of rotatable bonds is 5. The summed E-state index contributed by atoms with van der Waals surface area (Å²) in [5.41, 5.74) is 1.24. The van der Waals surface area contributed by atoms with Crippen LogP contribution >= 0.6 is 0 Å². The minimum Gasteiger partial charge on any atom is -0.503 e. The van der Waals surface area contributed by atoms with Crippen LogP contribution in [0.3, 0.4) is 0 Å². The Morgan fingerprint density at radius 1 is 1.13 bits per heavy atom. The molecule has 1 atom stereocenters. The third-order valence-electron chi connectivity index (χ3n) is 5.30. The monoisotopic (exact) mass is 414 g/mol. The molecule has 0 saturated heterocycles. The SMILES string of the molecule is Cc1ccc([C@@H]2C(C(=O)c3cc4ccccc4o3)=C(O)C(=O)N2Cc2cccnc2)o1. The molecule has 1 aliphatic heterocycles. The molecule has 7 heteroatoms. The van der Waals surface area contributed by atoms with Crippen LogP contribution in [0.2, 0.25) is 0 Å². The maximum absolute atomic E-state index is 13.4. The predicted octanol–water partition coefficient (Wildman–Crippen LogP) is 4.51. The number of aryl methyl sites for hydroxylation is 1. The highest BCUT2D eigenvalue weighted by atomic mass is 16.4. The third-order valence-corrected chi connectivity index (χ3v) is 5.30. The maximum atomic E-state index is 13.4. The summed E-state index contributed by atoms with van der Waals surface area (Å²) in [6.45, 7) is 1.92. The average molecular weight is 414 g/mol. The first-order valence-electron chi connectivity index (χ1n) is 9.75. The van der Waals surface area contributed by atoms with Gasteiger partial charge in [0.2, 0.25) is 5.78 Å². The van der Waals surface area contributed by atoms with Gasteiger partial charge in [0, 0.05) is 24.3 Å². The van der Waals surface area contributed by atoms with E-state index in [0.29, 0.717) is 17.1 Å². The number of hydrogen-bond acceptors (Lipinski definition) is 6. The Labute approximate surface area is 177 Å². The molecule has 0 aliphatic carbocycles. The van der Waals surface area contributed by atoms with E-state index in [1.807, 2.05) is 18.2 Å². The first kappa shape index (κ1) is 18.9. The zero-order valence-electron chi connectivity index (χ0n) is 16.6. The lowest BCUT2D eigenvalue weighted by Gasteiger charge is -2.24. The fourth-order valence-electron chi connectivity index (χ4n) is 3.86. The lowest BCUT2D eigenvalue weighted by atomic mass is 9.99. The van der Waals surface area contributed by atoms with Crippen LogP contribution in [-0.2, 0) is 11.3 Å². The Hall–Kier alpha value is -4.13. The topological polar surface area (TPSA) is 96.8 Å². The van der Waals surface area contributed by atoms with Crippen LogP contribution in [-0.4, -0.2) is 26.7 Å². The van der Waals surface area contributed by atoms with E-state index in [4.69, 9.17) is 8.83 Å². The molecule has 5 rings (SSSR count). The van der Waals surface area contributed by atoms with Gasteiger partial charge < -0.3 is 18.8 Å². The van der Waals surface area contributed by atoms with E-state index in [0.717, 1.165) is 10.9 Å². The van der Waals surface area contributed by atoms with Gasteiger partial charge in [-0.2, -0.15) is 0 Å². The minimum absolute atomic E-state index is 0.0482. The second-order valence-electron chi connectivity index (χ2n) is 7.39. The largest absolute Gasteiger partial charge is 0.503 e. The zero-order valence-corrected chi connectivity index (χ0v) is 16.6. The molecule has 1 aromatic carbocycles. The van der Waals surface area contributed by atoms with Crippen molar-refractivity contribution < 1.29 is 23.5 Å². The van der Waals surface area contributed by atoms with Gasteiger partial charge in [0.25, 0.3) is 5.91 Å². The summed E-state index contributed by atoms with van der Waals surface area (Å²) < 4.78 is 11.5. The molecule has 3 aromatic heterocycles. The summed E-state index contributed by atoms with van der Waals surface area (Å²) in [5, 5.41) is 11.5. The van der Waals surface area contributed by atoms with Crippen LogP contribution < -0.4 is 0 Å². The van der Waals surface area contributed by atoms with Gasteiger partial charge in [-0.25, -0.2) is 0 Å². The zero-order chi connectivity index (χ0) is 21.5. The molecule has 0 saturated carbocycles. The number of para-hydroxylation sites is 1. The van der Waals surface area contributed by atoms with Crippen molar-refractivity contribution in [3.05, 3.63) is 101 Å². The molecule has 7 nitrogen and oxygen atoms in total. The lowest BCUT2D eigenvalue weighted by Crippen LogP contribution is -2.30. The molecule has 4 heterocycles. The molecule has 31 heavy (non-hydrogen) atoms. The smallest absolute Gasteiger partial charge is 0.290 e. The van der Waals surface area contributed by atoms with Crippen molar-refractivity contribution in [2.75, 3.05) is 0 Å². The second-order valence-corrected chi connectivity index (χ2v) is 7.39. The van der Waals surface area contributed by atoms with Crippen LogP contribution in [0, 0.1) is 6.92 Å². The summed E-state index contributed by atoms with van der Waals surface area (Å²) >= 11 is 0. The molecule has 4 aromatic rings. The molecular weight excluding hydrogens is 396 g/mol. The van der Waals surface area contributed by atoms with Gasteiger partial charge in [-0.1, -0.05) is 24.3 Å². The van der Waals surface area contributed by atoms with Gasteiger partial charge in [-0.05, 0) is 42.8 Å². The normalized spacial score (nSPS) is 16.5. The summed E-state index contributed by atoms with van der Waals surface area (Å²) in [4.78, 5) is 31.9. The fourth-order valence-corrected chi connectivity index (χ4v) is 3.86. The molecule has 1 aliphatic rings. The van der Waals surface area contributed by atoms with E-state index < -0.39 is 23.5 Å². The fraction of sp³-hybridized carbons (Fsp3) is 0.125. The number of fused-ring (bicyclic) bond motifs is 1. The van der Waals surface area contributed by atoms with Gasteiger partial charge in [-0.15, -0.1) is 0 Å². The Morgan fingerprint density at radius 3 is 2.68 bits per heavy atom. The number of furan rings is 2. The van der Waals surface area contributed by atoms with E-state index in [-0.39, 0.29) is 17.9 Å². The Kier molecular flexibility index (Phi) is 4.43. The number of ketones is 1. The molecule has 1 amide bonds. The van der Waals surface area contributed by atoms with Crippen molar-refractivity contribution in [3.8, 4) is 0 Å². The van der Waals surface area contributed by atoms with E-state index >= 15 is 0 Å². The van der Waals surface area contributed by atoms with Crippen molar-refractivity contribution in [1.29, 1.82) is 0 Å². The Morgan fingerprint density at radius 2 is 1.97 bits per heavy atom. The van der Waals surface area contributed by atoms with Crippen LogP contribution in [0.15, 0.2) is 87.2 Å². The van der Waals surface area contributed by atoms with Crippen molar-refractivity contribution in [2.24, 2.45) is 0 Å². The van der Waals surface area contributed by atoms with Crippen molar-refractivity contribution in [2.45, 2.75) is 19.5 Å². The average Bonchev–Trinajstić information content (AvgIpc) is 3.46. The molecule has 0 fully saturated rings. The van der Waals surface area contributed by atoms with Gasteiger partial charge in [0.1, 0.15) is 23.1 Å². The lowest BCUT2D eigenvalue weighted by molar-refractivity contribution is -0.130. The number of benzene rings is 1. The summed E-state index contributed by atoms with van der Waals surface area (Å²) in [7, 11) is 0. The van der Waals surface area contributed by atoms with Crippen LogP contribution in [0.25, 0.3) is 11.0 Å². The first-order valence-corrected chi connectivity index (χ1v) is 9.75. The highest BCUT2D eigenvalue weighted by molar-refractivity contribution is 6.15. The number of Topliss-reactive ketones (excluding diaryl/α,β-unsaturated/α-hetero) is 1. The third kappa shape index (κ3) is 3.20. The number of aromatic nitrogens is 1. The van der Waals surface area contributed by atoms with Crippen molar-refractivity contribution in [1.82, 2.24) is 9.88 Å². The summed E-state index contributed by atoms with van der Waals surface area (Å²) in [6.07, 6.45) is 3.27. The number of aliphatic hydroxyl groups excluding tert-OH is 1. The van der Waals surface area contributed by atoms with E-state index in [1.165, 1.54) is 4.90 Å². The van der Waals surface area contributed by atoms with Crippen LogP contribution in [0.5, 0.6) is 0 Å². The number of amides is 1. The molecule has 0 unspecified atom stereocenters. The quantitative estimate of drug-likeness (QED) is 0.483.